The number of carbonyl (C=O) groups excluding carboxylic acids is 1. The molecule has 0 N–H and O–H groups in total. The van der Waals surface area contributed by atoms with Crippen LogP contribution in [-0.4, -0.2) is 25.0 Å². The van der Waals surface area contributed by atoms with Gasteiger partial charge in [-0.15, -0.1) is 0 Å². The monoisotopic (exact) mass is 293 g/mol. The Balaban J connectivity index is 2.13. The standard InChI is InChI=1S/C17H15N3O2/c1-20(15-8-9-16(22-2)19-12-15)17(21)10-7-13-5-3-4-6-14(13)11-18/h3-10,12H,1-2H3/b10-7-. The molecule has 0 saturated heterocycles. The molecule has 22 heavy (non-hydrogen) atoms. The third-order valence-corrected chi connectivity index (χ3v) is 3.13. The van der Waals surface area contributed by atoms with E-state index in [1.54, 1.807) is 49.7 Å². The third kappa shape index (κ3) is 3.49. The largest absolute Gasteiger partial charge is 0.481 e. The average molecular weight is 293 g/mol. The third-order valence-electron chi connectivity index (χ3n) is 3.13. The molecule has 0 aliphatic rings. The predicted octanol–water partition coefficient (Wildman–Crippen LogP) is 2.64. The van der Waals surface area contributed by atoms with E-state index in [4.69, 9.17) is 10.00 Å². The van der Waals surface area contributed by atoms with E-state index in [9.17, 15) is 4.79 Å². The highest BCUT2D eigenvalue weighted by Crippen LogP contribution is 2.16. The molecule has 0 radical (unpaired) electrons. The Morgan fingerprint density at radius 3 is 2.73 bits per heavy atom. The maximum atomic E-state index is 12.2. The summed E-state index contributed by atoms with van der Waals surface area (Å²) in [6.45, 7) is 0. The second-order valence-electron chi connectivity index (χ2n) is 4.49. The van der Waals surface area contributed by atoms with Crippen LogP contribution in [0.15, 0.2) is 48.7 Å². The van der Waals surface area contributed by atoms with Gasteiger partial charge in [-0.2, -0.15) is 5.26 Å². The summed E-state index contributed by atoms with van der Waals surface area (Å²) in [5.74, 6) is 0.280. The Morgan fingerprint density at radius 2 is 2.09 bits per heavy atom. The maximum Gasteiger partial charge on any atom is 0.250 e. The van der Waals surface area contributed by atoms with E-state index in [0.29, 0.717) is 22.7 Å². The molecule has 0 bridgehead atoms. The van der Waals surface area contributed by atoms with Gasteiger partial charge in [-0.1, -0.05) is 18.2 Å². The van der Waals surface area contributed by atoms with Gasteiger partial charge < -0.3 is 9.64 Å². The molecule has 0 aliphatic heterocycles. The van der Waals surface area contributed by atoms with Crippen molar-refractivity contribution >= 4 is 17.7 Å². The van der Waals surface area contributed by atoms with Crippen LogP contribution in [0.2, 0.25) is 0 Å². The highest BCUT2D eigenvalue weighted by Gasteiger charge is 2.08. The lowest BCUT2D eigenvalue weighted by atomic mass is 10.1. The maximum absolute atomic E-state index is 12.2. The summed E-state index contributed by atoms with van der Waals surface area (Å²) in [7, 11) is 3.19. The van der Waals surface area contributed by atoms with Gasteiger partial charge in [0.2, 0.25) is 5.88 Å². The van der Waals surface area contributed by atoms with Crippen molar-refractivity contribution in [3.8, 4) is 11.9 Å². The zero-order valence-corrected chi connectivity index (χ0v) is 12.4. The molecule has 0 atom stereocenters. The fourth-order valence-electron chi connectivity index (χ4n) is 1.84. The minimum absolute atomic E-state index is 0.209. The Morgan fingerprint density at radius 1 is 1.32 bits per heavy atom. The van der Waals surface area contributed by atoms with E-state index in [-0.39, 0.29) is 5.91 Å². The Hall–Kier alpha value is -3.13. The number of amides is 1. The molecule has 0 spiro atoms. The molecule has 1 aromatic heterocycles. The zero-order chi connectivity index (χ0) is 15.9. The van der Waals surface area contributed by atoms with Crippen LogP contribution >= 0.6 is 0 Å². The number of nitriles is 1. The topological polar surface area (TPSA) is 66.2 Å². The van der Waals surface area contributed by atoms with Crippen molar-refractivity contribution < 1.29 is 9.53 Å². The summed E-state index contributed by atoms with van der Waals surface area (Å²) in [5.41, 5.74) is 1.89. The van der Waals surface area contributed by atoms with Crippen molar-refractivity contribution in [2.45, 2.75) is 0 Å². The lowest BCUT2D eigenvalue weighted by Gasteiger charge is -2.14. The zero-order valence-electron chi connectivity index (χ0n) is 12.4. The van der Waals surface area contributed by atoms with Crippen LogP contribution in [0.5, 0.6) is 5.88 Å². The van der Waals surface area contributed by atoms with Crippen molar-refractivity contribution in [2.24, 2.45) is 0 Å². The first-order valence-corrected chi connectivity index (χ1v) is 6.60. The lowest BCUT2D eigenvalue weighted by Crippen LogP contribution is -2.24. The predicted molar refractivity (Wildman–Crippen MR) is 84.4 cm³/mol. The fraction of sp³-hybridized carbons (Fsp3) is 0.118. The summed E-state index contributed by atoms with van der Waals surface area (Å²) in [5, 5.41) is 9.02. The van der Waals surface area contributed by atoms with Gasteiger partial charge in [-0.3, -0.25) is 4.79 Å². The fourth-order valence-corrected chi connectivity index (χ4v) is 1.84. The van der Waals surface area contributed by atoms with Crippen molar-refractivity contribution in [1.29, 1.82) is 5.26 Å². The van der Waals surface area contributed by atoms with Crippen molar-refractivity contribution in [2.75, 3.05) is 19.1 Å². The minimum Gasteiger partial charge on any atom is -0.481 e. The SMILES string of the molecule is COc1ccc(N(C)C(=O)/C=C\c2ccccc2C#N)cn1. The molecule has 1 aromatic carbocycles. The van der Waals surface area contributed by atoms with Crippen LogP contribution in [-0.2, 0) is 4.79 Å². The Kier molecular flexibility index (Phi) is 4.89. The minimum atomic E-state index is -0.209. The van der Waals surface area contributed by atoms with Gasteiger partial charge in [-0.05, 0) is 23.8 Å². The molecular formula is C17H15N3O2. The van der Waals surface area contributed by atoms with E-state index >= 15 is 0 Å². The highest BCUT2D eigenvalue weighted by atomic mass is 16.5. The van der Waals surface area contributed by atoms with Crippen LogP contribution in [0.25, 0.3) is 6.08 Å². The molecule has 0 unspecified atom stereocenters. The summed E-state index contributed by atoms with van der Waals surface area (Å²) in [6, 6.07) is 12.6. The highest BCUT2D eigenvalue weighted by molar-refractivity contribution is 6.03. The molecule has 1 amide bonds. The number of benzene rings is 1. The number of carbonyl (C=O) groups is 1. The normalized spacial score (nSPS) is 10.2. The number of hydrogen-bond donors (Lipinski definition) is 0. The molecular weight excluding hydrogens is 278 g/mol. The number of ether oxygens (including phenoxy) is 1. The van der Waals surface area contributed by atoms with E-state index in [0.717, 1.165) is 0 Å². The van der Waals surface area contributed by atoms with Crippen molar-refractivity contribution in [1.82, 2.24) is 4.98 Å². The van der Waals surface area contributed by atoms with Gasteiger partial charge in [0.1, 0.15) is 0 Å². The second kappa shape index (κ2) is 7.04. The van der Waals surface area contributed by atoms with E-state index in [1.165, 1.54) is 18.1 Å². The first kappa shape index (κ1) is 15.3. The van der Waals surface area contributed by atoms with E-state index < -0.39 is 0 Å². The molecule has 0 fully saturated rings. The first-order chi connectivity index (χ1) is 10.7. The second-order valence-corrected chi connectivity index (χ2v) is 4.49. The molecule has 2 rings (SSSR count). The number of anilines is 1. The first-order valence-electron chi connectivity index (χ1n) is 6.60. The molecule has 0 aliphatic carbocycles. The Labute approximate surface area is 129 Å². The van der Waals surface area contributed by atoms with Crippen molar-refractivity contribution in [3.05, 3.63) is 59.8 Å². The molecule has 2 aromatic rings. The summed E-state index contributed by atoms with van der Waals surface area (Å²) in [4.78, 5) is 17.7. The molecule has 5 nitrogen and oxygen atoms in total. The van der Waals surface area contributed by atoms with Gasteiger partial charge >= 0.3 is 0 Å². The molecule has 0 saturated carbocycles. The smallest absolute Gasteiger partial charge is 0.250 e. The molecule has 1 heterocycles. The number of methoxy groups -OCH3 is 1. The number of nitrogens with zero attached hydrogens (tertiary/aromatic N) is 3. The number of aromatic nitrogens is 1. The van der Waals surface area contributed by atoms with Crippen LogP contribution in [0.4, 0.5) is 5.69 Å². The van der Waals surface area contributed by atoms with Gasteiger partial charge in [0.05, 0.1) is 30.6 Å². The van der Waals surface area contributed by atoms with Gasteiger partial charge in [0, 0.05) is 19.2 Å². The Bertz CT molecular complexity index is 730. The van der Waals surface area contributed by atoms with Gasteiger partial charge in [-0.25, -0.2) is 4.98 Å². The number of likely N-dealkylation sites (N-methyl/N-ethyl adjacent to an activating group) is 1. The van der Waals surface area contributed by atoms with Crippen LogP contribution in [0.3, 0.4) is 0 Å². The van der Waals surface area contributed by atoms with Crippen LogP contribution in [0.1, 0.15) is 11.1 Å². The quantitative estimate of drug-likeness (QED) is 0.813. The van der Waals surface area contributed by atoms with E-state index in [1.807, 2.05) is 6.07 Å². The number of rotatable bonds is 4. The molecule has 5 heteroatoms. The van der Waals surface area contributed by atoms with Gasteiger partial charge in [0.25, 0.3) is 5.91 Å². The van der Waals surface area contributed by atoms with E-state index in [2.05, 4.69) is 11.1 Å². The summed E-state index contributed by atoms with van der Waals surface area (Å²) >= 11 is 0. The average Bonchev–Trinajstić information content (AvgIpc) is 2.59. The summed E-state index contributed by atoms with van der Waals surface area (Å²) < 4.78 is 4.98. The van der Waals surface area contributed by atoms with Gasteiger partial charge in [0.15, 0.2) is 0 Å². The molecule has 110 valence electrons. The number of pyridine rings is 1. The van der Waals surface area contributed by atoms with Crippen molar-refractivity contribution in [3.63, 3.8) is 0 Å². The van der Waals surface area contributed by atoms with Crippen LogP contribution in [0, 0.1) is 11.3 Å². The lowest BCUT2D eigenvalue weighted by molar-refractivity contribution is -0.113. The van der Waals surface area contributed by atoms with Crippen LogP contribution < -0.4 is 9.64 Å². The summed E-state index contributed by atoms with van der Waals surface area (Å²) in [6.07, 6.45) is 4.63. The number of hydrogen-bond acceptors (Lipinski definition) is 4.